The molecule has 0 spiro atoms. The maximum absolute atomic E-state index is 10.7. The second-order valence-electron chi connectivity index (χ2n) is 6.73. The van der Waals surface area contributed by atoms with Gasteiger partial charge in [-0.3, -0.25) is 0 Å². The molecule has 20 heavy (non-hydrogen) atoms. The van der Waals surface area contributed by atoms with E-state index in [0.717, 1.165) is 0 Å². The van der Waals surface area contributed by atoms with Crippen LogP contribution in [0.3, 0.4) is 0 Å². The minimum Gasteiger partial charge on any atom is -0.389 e. The largest absolute Gasteiger partial charge is 0.389 e. The molecule has 1 saturated carbocycles. The molecule has 1 fully saturated rings. The molecule has 1 aliphatic carbocycles. The predicted molar refractivity (Wildman–Crippen MR) is 81.1 cm³/mol. The van der Waals surface area contributed by atoms with Crippen molar-refractivity contribution >= 4 is 0 Å². The fraction of sp³-hybridized carbons (Fsp3) is 0.647. The van der Waals surface area contributed by atoms with Crippen LogP contribution in [0, 0.1) is 17.3 Å². The van der Waals surface area contributed by atoms with E-state index in [1.807, 2.05) is 20.8 Å². The lowest BCUT2D eigenvalue weighted by Gasteiger charge is -2.45. The molecule has 0 heterocycles. The summed E-state index contributed by atoms with van der Waals surface area (Å²) in [6.07, 6.45) is 1.77. The monoisotopic (exact) mass is 278 g/mol. The van der Waals surface area contributed by atoms with Gasteiger partial charge in [0.15, 0.2) is 5.60 Å². The first-order valence-electron chi connectivity index (χ1n) is 6.86. The maximum Gasteiger partial charge on any atom is 0.160 e. The van der Waals surface area contributed by atoms with Crippen molar-refractivity contribution in [2.75, 3.05) is 7.11 Å². The molecule has 0 aromatic rings. The fourth-order valence-corrected chi connectivity index (χ4v) is 2.55. The molecule has 3 heteroatoms. The van der Waals surface area contributed by atoms with Crippen molar-refractivity contribution in [2.45, 2.75) is 57.3 Å². The molecule has 3 atom stereocenters. The quantitative estimate of drug-likeness (QED) is 0.616. The van der Waals surface area contributed by atoms with Crippen molar-refractivity contribution < 1.29 is 14.9 Å². The lowest BCUT2D eigenvalue weighted by molar-refractivity contribution is -0.124. The molecule has 1 rings (SSSR count). The minimum atomic E-state index is -1.11. The topological polar surface area (TPSA) is 49.7 Å². The van der Waals surface area contributed by atoms with Crippen molar-refractivity contribution in [3.8, 4) is 11.8 Å². The van der Waals surface area contributed by atoms with Crippen LogP contribution in [-0.2, 0) is 4.74 Å². The third-order valence-corrected chi connectivity index (χ3v) is 3.51. The van der Waals surface area contributed by atoms with Gasteiger partial charge < -0.3 is 14.9 Å². The summed E-state index contributed by atoms with van der Waals surface area (Å²) in [6, 6.07) is 0. The second-order valence-corrected chi connectivity index (χ2v) is 6.73. The van der Waals surface area contributed by atoms with E-state index in [1.54, 1.807) is 6.08 Å². The summed E-state index contributed by atoms with van der Waals surface area (Å²) in [6.45, 7) is 13.5. The number of hydrogen-bond donors (Lipinski definition) is 2. The first-order chi connectivity index (χ1) is 9.07. The molecule has 1 aliphatic rings. The second kappa shape index (κ2) is 5.73. The highest BCUT2D eigenvalue weighted by Gasteiger charge is 2.50. The van der Waals surface area contributed by atoms with Crippen LogP contribution < -0.4 is 0 Å². The third kappa shape index (κ3) is 3.73. The Hall–Kier alpha value is -1.08. The summed E-state index contributed by atoms with van der Waals surface area (Å²) in [7, 11) is 1.51. The SMILES string of the molecule is C=CC[C@@]1(O)CC(=C)[C@H](O)[C@](C#CC(C)(C)C)(OC)C1. The van der Waals surface area contributed by atoms with E-state index in [0.29, 0.717) is 18.4 Å². The van der Waals surface area contributed by atoms with Crippen LogP contribution in [0.25, 0.3) is 0 Å². The van der Waals surface area contributed by atoms with Crippen LogP contribution in [0.2, 0.25) is 0 Å². The molecule has 112 valence electrons. The molecular formula is C17H26O3. The highest BCUT2D eigenvalue weighted by Crippen LogP contribution is 2.42. The van der Waals surface area contributed by atoms with Gasteiger partial charge >= 0.3 is 0 Å². The Labute approximate surface area is 122 Å². The smallest absolute Gasteiger partial charge is 0.160 e. The van der Waals surface area contributed by atoms with Crippen LogP contribution >= 0.6 is 0 Å². The van der Waals surface area contributed by atoms with E-state index < -0.39 is 17.3 Å². The molecule has 0 saturated heterocycles. The van der Waals surface area contributed by atoms with Crippen LogP contribution in [0.5, 0.6) is 0 Å². The summed E-state index contributed by atoms with van der Waals surface area (Å²) in [5.74, 6) is 6.14. The normalized spacial score (nSPS) is 34.3. The van der Waals surface area contributed by atoms with Gasteiger partial charge in [0, 0.05) is 18.9 Å². The van der Waals surface area contributed by atoms with Gasteiger partial charge in [-0.2, -0.15) is 0 Å². The highest BCUT2D eigenvalue weighted by atomic mass is 16.5. The molecule has 2 N–H and O–H groups in total. The zero-order chi connectivity index (χ0) is 15.6. The number of methoxy groups -OCH3 is 1. The molecule has 0 radical (unpaired) electrons. The van der Waals surface area contributed by atoms with Crippen LogP contribution in [0.15, 0.2) is 24.8 Å². The predicted octanol–water partition coefficient (Wildman–Crippen LogP) is 2.44. The Morgan fingerprint density at radius 2 is 2.10 bits per heavy atom. The Kier molecular flexibility index (Phi) is 4.86. The number of aliphatic hydroxyl groups is 2. The molecule has 0 unspecified atom stereocenters. The molecule has 3 nitrogen and oxygen atoms in total. The summed E-state index contributed by atoms with van der Waals surface area (Å²) in [4.78, 5) is 0. The average molecular weight is 278 g/mol. The Morgan fingerprint density at radius 1 is 1.50 bits per heavy atom. The minimum absolute atomic E-state index is 0.208. The van der Waals surface area contributed by atoms with Crippen molar-refractivity contribution in [2.24, 2.45) is 5.41 Å². The molecule has 0 aliphatic heterocycles. The van der Waals surface area contributed by atoms with E-state index in [2.05, 4.69) is 25.0 Å². The van der Waals surface area contributed by atoms with E-state index in [-0.39, 0.29) is 11.8 Å². The zero-order valence-corrected chi connectivity index (χ0v) is 13.0. The van der Waals surface area contributed by atoms with Crippen LogP contribution in [0.1, 0.15) is 40.0 Å². The van der Waals surface area contributed by atoms with E-state index >= 15 is 0 Å². The van der Waals surface area contributed by atoms with E-state index in [4.69, 9.17) is 4.74 Å². The number of rotatable bonds is 3. The van der Waals surface area contributed by atoms with Gasteiger partial charge in [-0.25, -0.2) is 0 Å². The maximum atomic E-state index is 10.7. The van der Waals surface area contributed by atoms with Crippen molar-refractivity contribution in [1.29, 1.82) is 0 Å². The Morgan fingerprint density at radius 3 is 2.55 bits per heavy atom. The van der Waals surface area contributed by atoms with Crippen molar-refractivity contribution in [3.63, 3.8) is 0 Å². The van der Waals surface area contributed by atoms with Gasteiger partial charge in [-0.05, 0) is 39.2 Å². The van der Waals surface area contributed by atoms with Gasteiger partial charge in [0.05, 0.1) is 5.60 Å². The van der Waals surface area contributed by atoms with Crippen molar-refractivity contribution in [1.82, 2.24) is 0 Å². The van der Waals surface area contributed by atoms with Crippen molar-refractivity contribution in [3.05, 3.63) is 24.8 Å². The van der Waals surface area contributed by atoms with Crippen LogP contribution in [0.4, 0.5) is 0 Å². The zero-order valence-electron chi connectivity index (χ0n) is 13.0. The fourth-order valence-electron chi connectivity index (χ4n) is 2.55. The lowest BCUT2D eigenvalue weighted by Crippen LogP contribution is -2.55. The number of aliphatic hydroxyl groups excluding tert-OH is 1. The summed E-state index contributed by atoms with van der Waals surface area (Å²) < 4.78 is 5.52. The number of hydrogen-bond acceptors (Lipinski definition) is 3. The average Bonchev–Trinajstić information content (AvgIpc) is 2.31. The first-order valence-corrected chi connectivity index (χ1v) is 6.86. The lowest BCUT2D eigenvalue weighted by atomic mass is 9.69. The van der Waals surface area contributed by atoms with E-state index in [1.165, 1.54) is 7.11 Å². The standard InChI is InChI=1S/C17H26O3/c1-7-8-16(19)11-13(2)14(18)17(12-16,20-6)10-9-15(3,4)5/h7,14,18-19H,1-2,8,11-12H2,3-6H3/t14-,16+,17+/m0/s1. The molecular weight excluding hydrogens is 252 g/mol. The third-order valence-electron chi connectivity index (χ3n) is 3.51. The van der Waals surface area contributed by atoms with Gasteiger partial charge in [-0.1, -0.05) is 24.5 Å². The Bertz CT molecular complexity index is 449. The first kappa shape index (κ1) is 17.0. The van der Waals surface area contributed by atoms with Gasteiger partial charge in [-0.15, -0.1) is 6.58 Å². The summed E-state index contributed by atoms with van der Waals surface area (Å²) >= 11 is 0. The molecule has 0 aromatic carbocycles. The van der Waals surface area contributed by atoms with Crippen LogP contribution in [-0.4, -0.2) is 34.6 Å². The van der Waals surface area contributed by atoms with Gasteiger partial charge in [0.2, 0.25) is 0 Å². The molecule has 0 bridgehead atoms. The Balaban J connectivity index is 3.22. The van der Waals surface area contributed by atoms with Gasteiger partial charge in [0.25, 0.3) is 0 Å². The number of ether oxygens (including phenoxy) is 1. The molecule has 0 aromatic heterocycles. The highest BCUT2D eigenvalue weighted by molar-refractivity contribution is 5.32. The van der Waals surface area contributed by atoms with E-state index in [9.17, 15) is 10.2 Å². The molecule has 0 amide bonds. The summed E-state index contributed by atoms with van der Waals surface area (Å²) in [5.41, 5.74) is -1.78. The van der Waals surface area contributed by atoms with Gasteiger partial charge in [0.1, 0.15) is 6.10 Å². The summed E-state index contributed by atoms with van der Waals surface area (Å²) in [5, 5.41) is 21.1.